The van der Waals surface area contributed by atoms with E-state index in [1.165, 1.54) is 0 Å². The molecule has 0 radical (unpaired) electrons. The number of benzene rings is 1. The predicted molar refractivity (Wildman–Crippen MR) is 61.4 cm³/mol. The molecule has 0 saturated carbocycles. The summed E-state index contributed by atoms with van der Waals surface area (Å²) < 4.78 is 22.8. The Kier molecular flexibility index (Phi) is 5.36. The standard InChI is InChI=1S/C12H16FNO2/c1-2-15-11-3-5-12(6-4-11)16-9-10(7-13)8-14/h3-7H,2,8-9,14H2,1H3/b10-7-. The summed E-state index contributed by atoms with van der Waals surface area (Å²) in [7, 11) is 0. The third-order valence-corrected chi connectivity index (χ3v) is 1.98. The Morgan fingerprint density at radius 3 is 2.25 bits per heavy atom. The number of halogens is 1. The summed E-state index contributed by atoms with van der Waals surface area (Å²) in [5, 5.41) is 0. The van der Waals surface area contributed by atoms with Gasteiger partial charge in [0, 0.05) is 12.1 Å². The smallest absolute Gasteiger partial charge is 0.120 e. The van der Waals surface area contributed by atoms with Gasteiger partial charge in [-0.05, 0) is 31.2 Å². The van der Waals surface area contributed by atoms with Crippen LogP contribution in [0, 0.1) is 0 Å². The maximum absolute atomic E-state index is 12.2. The summed E-state index contributed by atoms with van der Waals surface area (Å²) >= 11 is 0. The van der Waals surface area contributed by atoms with Crippen LogP contribution < -0.4 is 15.2 Å². The molecule has 0 saturated heterocycles. The van der Waals surface area contributed by atoms with Crippen molar-refractivity contribution in [3.05, 3.63) is 36.2 Å². The first kappa shape index (κ1) is 12.5. The van der Waals surface area contributed by atoms with Gasteiger partial charge in [0.1, 0.15) is 18.1 Å². The lowest BCUT2D eigenvalue weighted by atomic mass is 10.3. The van der Waals surface area contributed by atoms with Crippen molar-refractivity contribution in [1.82, 2.24) is 0 Å². The maximum Gasteiger partial charge on any atom is 0.120 e. The highest BCUT2D eigenvalue weighted by Gasteiger charge is 1.98. The van der Waals surface area contributed by atoms with Gasteiger partial charge in [0.05, 0.1) is 12.9 Å². The highest BCUT2D eigenvalue weighted by atomic mass is 19.1. The zero-order valence-electron chi connectivity index (χ0n) is 9.28. The second-order valence-electron chi connectivity index (χ2n) is 3.16. The third-order valence-electron chi connectivity index (χ3n) is 1.98. The van der Waals surface area contributed by atoms with Crippen molar-refractivity contribution in [3.63, 3.8) is 0 Å². The fourth-order valence-electron chi connectivity index (χ4n) is 1.11. The number of hydrogen-bond donors (Lipinski definition) is 1. The normalized spacial score (nSPS) is 11.3. The van der Waals surface area contributed by atoms with Crippen LogP contribution >= 0.6 is 0 Å². The van der Waals surface area contributed by atoms with Crippen LogP contribution in [-0.4, -0.2) is 19.8 Å². The van der Waals surface area contributed by atoms with Gasteiger partial charge < -0.3 is 15.2 Å². The first-order valence-corrected chi connectivity index (χ1v) is 5.14. The van der Waals surface area contributed by atoms with E-state index in [1.54, 1.807) is 24.3 Å². The van der Waals surface area contributed by atoms with Gasteiger partial charge in [0.2, 0.25) is 0 Å². The molecule has 4 heteroatoms. The molecule has 16 heavy (non-hydrogen) atoms. The molecule has 0 atom stereocenters. The van der Waals surface area contributed by atoms with Crippen LogP contribution in [0.2, 0.25) is 0 Å². The van der Waals surface area contributed by atoms with E-state index in [4.69, 9.17) is 15.2 Å². The van der Waals surface area contributed by atoms with Crippen molar-refractivity contribution in [2.45, 2.75) is 6.92 Å². The summed E-state index contributed by atoms with van der Waals surface area (Å²) in [6.45, 7) is 2.88. The van der Waals surface area contributed by atoms with Crippen LogP contribution in [-0.2, 0) is 0 Å². The van der Waals surface area contributed by atoms with E-state index in [9.17, 15) is 4.39 Å². The zero-order valence-corrected chi connectivity index (χ0v) is 9.28. The molecule has 0 bridgehead atoms. The minimum absolute atomic E-state index is 0.160. The molecule has 0 fully saturated rings. The third kappa shape index (κ3) is 3.90. The summed E-state index contributed by atoms with van der Waals surface area (Å²) in [5.41, 5.74) is 5.73. The predicted octanol–water partition coefficient (Wildman–Crippen LogP) is 2.28. The fourth-order valence-corrected chi connectivity index (χ4v) is 1.11. The van der Waals surface area contributed by atoms with Gasteiger partial charge in [0.15, 0.2) is 0 Å². The van der Waals surface area contributed by atoms with Gasteiger partial charge in [0.25, 0.3) is 0 Å². The van der Waals surface area contributed by atoms with E-state index in [0.717, 1.165) is 5.75 Å². The molecule has 0 spiro atoms. The van der Waals surface area contributed by atoms with Crippen LogP contribution in [0.4, 0.5) is 4.39 Å². The zero-order chi connectivity index (χ0) is 11.8. The highest BCUT2D eigenvalue weighted by Crippen LogP contribution is 2.17. The summed E-state index contributed by atoms with van der Waals surface area (Å²) in [5.74, 6) is 1.45. The van der Waals surface area contributed by atoms with Crippen molar-refractivity contribution in [2.75, 3.05) is 19.8 Å². The number of ether oxygens (including phenoxy) is 2. The van der Waals surface area contributed by atoms with Crippen LogP contribution in [0.15, 0.2) is 36.2 Å². The van der Waals surface area contributed by atoms with Crippen molar-refractivity contribution >= 4 is 0 Å². The molecule has 0 aromatic heterocycles. The van der Waals surface area contributed by atoms with E-state index >= 15 is 0 Å². The Hall–Kier alpha value is -1.55. The molecule has 88 valence electrons. The quantitative estimate of drug-likeness (QED) is 0.807. The Balaban J connectivity index is 2.49. The molecule has 0 aliphatic rings. The summed E-state index contributed by atoms with van der Waals surface area (Å²) in [4.78, 5) is 0. The molecule has 1 aromatic carbocycles. The minimum atomic E-state index is 0.160. The molecule has 0 unspecified atom stereocenters. The Bertz CT molecular complexity index is 335. The van der Waals surface area contributed by atoms with E-state index in [0.29, 0.717) is 24.3 Å². The molecule has 3 nitrogen and oxygen atoms in total. The molecule has 0 amide bonds. The number of hydrogen-bond acceptors (Lipinski definition) is 3. The van der Waals surface area contributed by atoms with Crippen molar-refractivity contribution < 1.29 is 13.9 Å². The lowest BCUT2D eigenvalue weighted by Crippen LogP contribution is -2.10. The highest BCUT2D eigenvalue weighted by molar-refractivity contribution is 5.31. The topological polar surface area (TPSA) is 44.5 Å². The molecule has 2 N–H and O–H groups in total. The largest absolute Gasteiger partial charge is 0.494 e. The Labute approximate surface area is 94.7 Å². The molecular formula is C12H16FNO2. The van der Waals surface area contributed by atoms with E-state index < -0.39 is 0 Å². The van der Waals surface area contributed by atoms with Crippen LogP contribution in [0.3, 0.4) is 0 Å². The number of nitrogens with two attached hydrogens (primary N) is 1. The molecule has 0 aliphatic carbocycles. The first-order chi connectivity index (χ1) is 7.80. The van der Waals surface area contributed by atoms with Crippen LogP contribution in [0.25, 0.3) is 0 Å². The lowest BCUT2D eigenvalue weighted by Gasteiger charge is -2.08. The average molecular weight is 225 g/mol. The van der Waals surface area contributed by atoms with Crippen molar-refractivity contribution in [2.24, 2.45) is 5.73 Å². The van der Waals surface area contributed by atoms with Gasteiger partial charge in [-0.2, -0.15) is 0 Å². The second kappa shape index (κ2) is 6.85. The van der Waals surface area contributed by atoms with Gasteiger partial charge >= 0.3 is 0 Å². The lowest BCUT2D eigenvalue weighted by molar-refractivity contribution is 0.333. The van der Waals surface area contributed by atoms with E-state index in [1.807, 2.05) is 6.92 Å². The molecule has 1 aromatic rings. The van der Waals surface area contributed by atoms with Gasteiger partial charge in [-0.1, -0.05) is 0 Å². The fraction of sp³-hybridized carbons (Fsp3) is 0.333. The second-order valence-corrected chi connectivity index (χ2v) is 3.16. The van der Waals surface area contributed by atoms with E-state index in [-0.39, 0.29) is 13.2 Å². The van der Waals surface area contributed by atoms with Crippen LogP contribution in [0.1, 0.15) is 6.92 Å². The number of rotatable bonds is 6. The van der Waals surface area contributed by atoms with Crippen molar-refractivity contribution in [1.29, 1.82) is 0 Å². The van der Waals surface area contributed by atoms with Gasteiger partial charge in [-0.25, -0.2) is 4.39 Å². The SMILES string of the molecule is CCOc1ccc(OC/C(=C\F)CN)cc1. The van der Waals surface area contributed by atoms with E-state index in [2.05, 4.69) is 0 Å². The maximum atomic E-state index is 12.2. The minimum Gasteiger partial charge on any atom is -0.494 e. The van der Waals surface area contributed by atoms with Crippen LogP contribution in [0.5, 0.6) is 11.5 Å². The summed E-state index contributed by atoms with van der Waals surface area (Å²) in [6, 6.07) is 7.16. The monoisotopic (exact) mass is 225 g/mol. The Morgan fingerprint density at radius 2 is 1.81 bits per heavy atom. The summed E-state index contributed by atoms with van der Waals surface area (Å²) in [6.07, 6.45) is 0.481. The molecular weight excluding hydrogens is 209 g/mol. The molecule has 1 rings (SSSR count). The van der Waals surface area contributed by atoms with Gasteiger partial charge in [-0.15, -0.1) is 0 Å². The van der Waals surface area contributed by atoms with Crippen molar-refractivity contribution in [3.8, 4) is 11.5 Å². The molecule has 0 aliphatic heterocycles. The molecule has 0 heterocycles. The first-order valence-electron chi connectivity index (χ1n) is 5.14. The average Bonchev–Trinajstić information content (AvgIpc) is 2.33. The van der Waals surface area contributed by atoms with Gasteiger partial charge in [-0.3, -0.25) is 0 Å². The Morgan fingerprint density at radius 1 is 1.25 bits per heavy atom.